The summed E-state index contributed by atoms with van der Waals surface area (Å²) in [7, 11) is 0. The molecule has 1 atom stereocenters. The normalized spacial score (nSPS) is 22.1. The highest BCUT2D eigenvalue weighted by Gasteiger charge is 2.36. The molecule has 1 aromatic carbocycles. The Labute approximate surface area is 96.9 Å². The summed E-state index contributed by atoms with van der Waals surface area (Å²) in [4.78, 5) is 11.5. The molecule has 3 rings (SSSR count). The van der Waals surface area contributed by atoms with Gasteiger partial charge < -0.3 is 5.32 Å². The van der Waals surface area contributed by atoms with Crippen LogP contribution in [0.2, 0.25) is 10.0 Å². The molecule has 1 aromatic rings. The molecule has 0 saturated carbocycles. The van der Waals surface area contributed by atoms with Gasteiger partial charge in [0.25, 0.3) is 0 Å². The molecule has 1 N–H and O–H groups in total. The van der Waals surface area contributed by atoms with E-state index in [1.807, 2.05) is 12.1 Å². The number of hydrogen-bond acceptors (Lipinski definition) is 2. The summed E-state index contributed by atoms with van der Waals surface area (Å²) in [6.45, 7) is 0. The fourth-order valence-corrected chi connectivity index (χ4v) is 2.56. The summed E-state index contributed by atoms with van der Waals surface area (Å²) in [6, 6.07) is 3.38. The molecule has 1 aliphatic carbocycles. The molecular weight excluding hydrogens is 233 g/mol. The Bertz CT molecular complexity index is 508. The van der Waals surface area contributed by atoms with E-state index in [9.17, 15) is 4.79 Å². The SMILES string of the molecule is O=C1CC=C2c3c(ccc(Cl)c3Cl)NC12. The van der Waals surface area contributed by atoms with Crippen molar-refractivity contribution >= 4 is 40.2 Å². The highest BCUT2D eigenvalue weighted by atomic mass is 35.5. The molecule has 0 radical (unpaired) electrons. The Morgan fingerprint density at radius 2 is 2.13 bits per heavy atom. The first-order chi connectivity index (χ1) is 7.18. The molecule has 0 spiro atoms. The summed E-state index contributed by atoms with van der Waals surface area (Å²) in [5, 5.41) is 4.21. The Balaban J connectivity index is 2.24. The van der Waals surface area contributed by atoms with Crippen LogP contribution < -0.4 is 5.32 Å². The van der Waals surface area contributed by atoms with Crippen molar-refractivity contribution < 1.29 is 4.79 Å². The summed E-state index contributed by atoms with van der Waals surface area (Å²) in [5.41, 5.74) is 2.76. The number of ketones is 1. The minimum Gasteiger partial charge on any atom is -0.371 e. The molecule has 1 heterocycles. The maximum absolute atomic E-state index is 11.5. The van der Waals surface area contributed by atoms with Gasteiger partial charge in [0.15, 0.2) is 5.78 Å². The molecule has 0 amide bonds. The zero-order valence-electron chi connectivity index (χ0n) is 7.68. The van der Waals surface area contributed by atoms with Gasteiger partial charge in [-0.2, -0.15) is 0 Å². The number of halogens is 2. The van der Waals surface area contributed by atoms with E-state index in [0.29, 0.717) is 16.5 Å². The Hall–Kier alpha value is -0.990. The Morgan fingerprint density at radius 3 is 2.93 bits per heavy atom. The topological polar surface area (TPSA) is 29.1 Å². The van der Waals surface area contributed by atoms with Gasteiger partial charge >= 0.3 is 0 Å². The second kappa shape index (κ2) is 3.00. The molecule has 2 nitrogen and oxygen atoms in total. The highest BCUT2D eigenvalue weighted by Crippen LogP contribution is 2.45. The van der Waals surface area contributed by atoms with Crippen molar-refractivity contribution in [3.63, 3.8) is 0 Å². The van der Waals surface area contributed by atoms with Crippen molar-refractivity contribution in [3.05, 3.63) is 33.8 Å². The molecule has 1 aliphatic heterocycles. The summed E-state index contributed by atoms with van der Waals surface area (Å²) in [5.74, 6) is 0.188. The van der Waals surface area contributed by atoms with Gasteiger partial charge in [-0.1, -0.05) is 29.3 Å². The van der Waals surface area contributed by atoms with Crippen LogP contribution >= 0.6 is 23.2 Å². The third kappa shape index (κ3) is 1.15. The standard InChI is InChI=1S/C11H7Cl2NO/c12-6-2-3-7-9(10(6)13)5-1-4-8(15)11(5)14-7/h1-3,11,14H,4H2. The van der Waals surface area contributed by atoms with Crippen LogP contribution in [-0.2, 0) is 4.79 Å². The highest BCUT2D eigenvalue weighted by molar-refractivity contribution is 6.44. The van der Waals surface area contributed by atoms with E-state index >= 15 is 0 Å². The maximum atomic E-state index is 11.5. The van der Waals surface area contributed by atoms with Crippen molar-refractivity contribution in [2.45, 2.75) is 12.5 Å². The van der Waals surface area contributed by atoms with Crippen LogP contribution in [0.5, 0.6) is 0 Å². The first-order valence-corrected chi connectivity index (χ1v) is 5.42. The van der Waals surface area contributed by atoms with Crippen molar-refractivity contribution in [1.82, 2.24) is 0 Å². The van der Waals surface area contributed by atoms with Gasteiger partial charge in [-0.25, -0.2) is 0 Å². The fraction of sp³-hybridized carbons (Fsp3) is 0.182. The smallest absolute Gasteiger partial charge is 0.163 e. The lowest BCUT2D eigenvalue weighted by Gasteiger charge is -2.04. The molecule has 76 valence electrons. The number of benzene rings is 1. The number of carbonyl (C=O) groups is 1. The maximum Gasteiger partial charge on any atom is 0.163 e. The van der Waals surface area contributed by atoms with Crippen molar-refractivity contribution in [1.29, 1.82) is 0 Å². The number of allylic oxidation sites excluding steroid dienone is 1. The quantitative estimate of drug-likeness (QED) is 0.754. The van der Waals surface area contributed by atoms with Gasteiger partial charge in [-0.15, -0.1) is 0 Å². The summed E-state index contributed by atoms with van der Waals surface area (Å²) < 4.78 is 0. The van der Waals surface area contributed by atoms with E-state index in [1.54, 1.807) is 6.07 Å². The minimum absolute atomic E-state index is 0.188. The van der Waals surface area contributed by atoms with Crippen LogP contribution in [0.25, 0.3) is 5.57 Å². The lowest BCUT2D eigenvalue weighted by atomic mass is 10.1. The Morgan fingerprint density at radius 1 is 1.33 bits per heavy atom. The lowest BCUT2D eigenvalue weighted by molar-refractivity contribution is -0.117. The van der Waals surface area contributed by atoms with Gasteiger partial charge in [0.1, 0.15) is 6.04 Å². The second-order valence-electron chi connectivity index (χ2n) is 3.69. The van der Waals surface area contributed by atoms with Crippen LogP contribution in [0.3, 0.4) is 0 Å². The van der Waals surface area contributed by atoms with Crippen molar-refractivity contribution in [2.75, 3.05) is 5.32 Å². The molecule has 0 aromatic heterocycles. The van der Waals surface area contributed by atoms with Crippen molar-refractivity contribution in [3.8, 4) is 0 Å². The molecular formula is C11H7Cl2NO. The van der Waals surface area contributed by atoms with Crippen LogP contribution in [-0.4, -0.2) is 11.8 Å². The van der Waals surface area contributed by atoms with Crippen LogP contribution in [0.15, 0.2) is 18.2 Å². The predicted molar refractivity (Wildman–Crippen MR) is 61.5 cm³/mol. The fourth-order valence-electron chi connectivity index (χ4n) is 2.13. The van der Waals surface area contributed by atoms with E-state index in [0.717, 1.165) is 16.8 Å². The monoisotopic (exact) mass is 239 g/mol. The molecule has 0 saturated heterocycles. The predicted octanol–water partition coefficient (Wildman–Crippen LogP) is 3.14. The molecule has 4 heteroatoms. The largest absolute Gasteiger partial charge is 0.371 e. The van der Waals surface area contributed by atoms with Crippen LogP contribution in [0.1, 0.15) is 12.0 Å². The third-order valence-electron chi connectivity index (χ3n) is 2.84. The van der Waals surface area contributed by atoms with Gasteiger partial charge in [0.05, 0.1) is 10.0 Å². The zero-order chi connectivity index (χ0) is 10.6. The molecule has 1 unspecified atom stereocenters. The lowest BCUT2D eigenvalue weighted by Crippen LogP contribution is -2.21. The number of carbonyl (C=O) groups excluding carboxylic acids is 1. The van der Waals surface area contributed by atoms with E-state index in [-0.39, 0.29) is 11.8 Å². The summed E-state index contributed by atoms with van der Waals surface area (Å²) in [6.07, 6.45) is 2.41. The third-order valence-corrected chi connectivity index (χ3v) is 3.64. The number of fused-ring (bicyclic) bond motifs is 3. The first kappa shape index (κ1) is 9.25. The van der Waals surface area contributed by atoms with Gasteiger partial charge in [0.2, 0.25) is 0 Å². The number of rotatable bonds is 0. The number of anilines is 1. The second-order valence-corrected chi connectivity index (χ2v) is 4.48. The van der Waals surface area contributed by atoms with Crippen LogP contribution in [0.4, 0.5) is 5.69 Å². The van der Waals surface area contributed by atoms with E-state index in [4.69, 9.17) is 23.2 Å². The Kier molecular flexibility index (Phi) is 1.85. The molecule has 0 fully saturated rings. The molecule has 2 aliphatic rings. The average molecular weight is 240 g/mol. The minimum atomic E-state index is -0.212. The zero-order valence-corrected chi connectivity index (χ0v) is 9.19. The molecule has 15 heavy (non-hydrogen) atoms. The van der Waals surface area contributed by atoms with E-state index < -0.39 is 0 Å². The molecule has 0 bridgehead atoms. The number of hydrogen-bond donors (Lipinski definition) is 1. The summed E-state index contributed by atoms with van der Waals surface area (Å²) >= 11 is 12.1. The number of nitrogens with one attached hydrogen (secondary N) is 1. The van der Waals surface area contributed by atoms with Gasteiger partial charge in [-0.3, -0.25) is 4.79 Å². The number of Topliss-reactive ketones (excluding diaryl/α,β-unsaturated/α-hetero) is 1. The average Bonchev–Trinajstić information content (AvgIpc) is 2.73. The van der Waals surface area contributed by atoms with Crippen LogP contribution in [0, 0.1) is 0 Å². The van der Waals surface area contributed by atoms with E-state index in [2.05, 4.69) is 5.32 Å². The van der Waals surface area contributed by atoms with E-state index in [1.165, 1.54) is 0 Å². The first-order valence-electron chi connectivity index (χ1n) is 4.66. The van der Waals surface area contributed by atoms with Gasteiger partial charge in [-0.05, 0) is 17.7 Å². The van der Waals surface area contributed by atoms with Crippen molar-refractivity contribution in [2.24, 2.45) is 0 Å². The van der Waals surface area contributed by atoms with Gasteiger partial charge in [0, 0.05) is 17.7 Å².